The summed E-state index contributed by atoms with van der Waals surface area (Å²) in [6, 6.07) is 0. The molecular formula is H9AlCe2O3. The Morgan fingerprint density at radius 3 is 0.500 bits per heavy atom. The van der Waals surface area contributed by atoms with Gasteiger partial charge in [-0.1, -0.05) is 0 Å². The van der Waals surface area contributed by atoms with E-state index in [9.17, 15) is 0 Å². The van der Waals surface area contributed by atoms with Crippen molar-refractivity contribution in [3.05, 3.63) is 0 Å². The first kappa shape index (κ1) is 61.0. The summed E-state index contributed by atoms with van der Waals surface area (Å²) in [5.74, 6) is 0. The van der Waals surface area contributed by atoms with Crippen molar-refractivity contribution < 1.29 is 99.9 Å². The van der Waals surface area contributed by atoms with E-state index in [0.29, 0.717) is 0 Å². The monoisotopic (exact) mass is 364 g/mol. The second-order valence-corrected chi connectivity index (χ2v) is 0. The van der Waals surface area contributed by atoms with Crippen molar-refractivity contribution in [1.29, 1.82) is 0 Å². The van der Waals surface area contributed by atoms with Gasteiger partial charge in [-0.3, -0.25) is 0 Å². The zero-order chi connectivity index (χ0) is 0. The third-order valence-electron chi connectivity index (χ3n) is 0. The fourth-order valence-electron chi connectivity index (χ4n) is 0. The Morgan fingerprint density at radius 1 is 0.500 bits per heavy atom. The van der Waals surface area contributed by atoms with Gasteiger partial charge in [0.1, 0.15) is 0 Å². The van der Waals surface area contributed by atoms with Crippen LogP contribution >= 0.6 is 0 Å². The van der Waals surface area contributed by atoms with Crippen LogP contribution in [-0.4, -0.2) is 33.8 Å². The van der Waals surface area contributed by atoms with Gasteiger partial charge in [0.2, 0.25) is 0 Å². The number of hydrogen-bond donors (Lipinski definition) is 0. The molecule has 38 valence electrons. The van der Waals surface area contributed by atoms with Gasteiger partial charge in [-0.2, -0.15) is 0 Å². The molecule has 0 unspecified atom stereocenters. The third-order valence-corrected chi connectivity index (χ3v) is 0. The van der Waals surface area contributed by atoms with Crippen LogP contribution in [-0.2, 0) is 0 Å². The molecule has 0 radical (unpaired) electrons. The maximum atomic E-state index is 0. The molecule has 0 aliphatic rings. The minimum Gasteiger partial charge on any atom is -0.412 e. The Hall–Kier alpha value is 3.17. The Balaban J connectivity index is 0. The minimum atomic E-state index is 0. The van der Waals surface area contributed by atoms with E-state index in [2.05, 4.69) is 0 Å². The van der Waals surface area contributed by atoms with E-state index >= 15 is 0 Å². The standard InChI is InChI=1S/Al.2Ce.3H2O.3H/h;;;3*1H2;;;. The first-order chi connectivity index (χ1) is 0. The average molecular weight is 364 g/mol. The summed E-state index contributed by atoms with van der Waals surface area (Å²) < 4.78 is 0. The largest absolute Gasteiger partial charge is 0.412 e. The smallest absolute Gasteiger partial charge is 0.187 e. The van der Waals surface area contributed by atoms with E-state index in [1.807, 2.05) is 0 Å². The molecule has 6 N–H and O–H groups in total. The Bertz CT molecular complexity index is 8.75. The first-order valence-corrected chi connectivity index (χ1v) is 0. The second-order valence-electron chi connectivity index (χ2n) is 0. The number of rotatable bonds is 0. The van der Waals surface area contributed by atoms with E-state index in [-0.39, 0.29) is 117 Å². The van der Waals surface area contributed by atoms with Crippen LogP contribution in [0.2, 0.25) is 0 Å². The molecule has 0 aromatic heterocycles. The molecule has 0 aliphatic heterocycles. The molecule has 6 heteroatoms. The van der Waals surface area contributed by atoms with Gasteiger partial charge in [-0.25, -0.2) is 0 Å². The SMILES string of the molecule is O.O.O.[AlH3].[Ce].[Ce]. The Morgan fingerprint density at radius 2 is 0.500 bits per heavy atom. The summed E-state index contributed by atoms with van der Waals surface area (Å²) in [4.78, 5) is 0. The molecule has 0 aromatic carbocycles. The van der Waals surface area contributed by atoms with Crippen LogP contribution < -0.4 is 0 Å². The van der Waals surface area contributed by atoms with Crippen molar-refractivity contribution in [2.24, 2.45) is 0 Å². The molecule has 0 amide bonds. The van der Waals surface area contributed by atoms with Crippen LogP contribution in [0, 0.1) is 83.5 Å². The van der Waals surface area contributed by atoms with E-state index in [1.54, 1.807) is 0 Å². The predicted octanol–water partition coefficient (Wildman–Crippen LogP) is -3.66. The van der Waals surface area contributed by atoms with Gasteiger partial charge in [0, 0.05) is 83.5 Å². The molecule has 0 rings (SSSR count). The molecule has 3 nitrogen and oxygen atoms in total. The van der Waals surface area contributed by atoms with Crippen LogP contribution in [0.1, 0.15) is 0 Å². The molecule has 0 bridgehead atoms. The molecule has 0 spiro atoms. The fourth-order valence-corrected chi connectivity index (χ4v) is 0. The summed E-state index contributed by atoms with van der Waals surface area (Å²) in [6.07, 6.45) is 0. The summed E-state index contributed by atoms with van der Waals surface area (Å²) in [7, 11) is 0. The van der Waals surface area contributed by atoms with Gasteiger partial charge in [0.15, 0.2) is 17.4 Å². The quantitative estimate of drug-likeness (QED) is 0.397. The van der Waals surface area contributed by atoms with Crippen LogP contribution in [0.4, 0.5) is 0 Å². The molecule has 0 aromatic rings. The average Bonchev–Trinajstić information content (AvgIpc) is 0. The third kappa shape index (κ3) is 27.2. The van der Waals surface area contributed by atoms with Crippen molar-refractivity contribution in [2.45, 2.75) is 0 Å². The normalized spacial score (nSPS) is 0. The van der Waals surface area contributed by atoms with Crippen molar-refractivity contribution in [3.8, 4) is 0 Å². The zero-order valence-electron chi connectivity index (χ0n) is 2.50. The summed E-state index contributed by atoms with van der Waals surface area (Å²) >= 11 is 0. The van der Waals surface area contributed by atoms with Gasteiger partial charge in [0.05, 0.1) is 0 Å². The van der Waals surface area contributed by atoms with Gasteiger partial charge in [0.25, 0.3) is 0 Å². The van der Waals surface area contributed by atoms with E-state index in [4.69, 9.17) is 0 Å². The van der Waals surface area contributed by atoms with Gasteiger partial charge in [-0.15, -0.1) is 0 Å². The van der Waals surface area contributed by atoms with Gasteiger partial charge < -0.3 is 16.4 Å². The topological polar surface area (TPSA) is 94.5 Å². The van der Waals surface area contributed by atoms with E-state index in [0.717, 1.165) is 0 Å². The summed E-state index contributed by atoms with van der Waals surface area (Å²) in [6.45, 7) is 0. The molecule has 0 saturated carbocycles. The molecule has 0 fully saturated rings. The Labute approximate surface area is 114 Å². The van der Waals surface area contributed by atoms with Crippen LogP contribution in [0.15, 0.2) is 0 Å². The van der Waals surface area contributed by atoms with Crippen molar-refractivity contribution in [3.63, 3.8) is 0 Å². The van der Waals surface area contributed by atoms with Crippen molar-refractivity contribution >= 4 is 17.4 Å². The molecule has 6 heavy (non-hydrogen) atoms. The maximum Gasteiger partial charge on any atom is 0.187 e. The fraction of sp³-hybridized carbons (Fsp3) is 0. The molecule has 0 saturated heterocycles. The van der Waals surface area contributed by atoms with Crippen molar-refractivity contribution in [2.75, 3.05) is 0 Å². The maximum absolute atomic E-state index is 0. The predicted molar refractivity (Wildman–Crippen MR) is 20.8 cm³/mol. The van der Waals surface area contributed by atoms with E-state index < -0.39 is 0 Å². The van der Waals surface area contributed by atoms with Gasteiger partial charge in [-0.05, 0) is 0 Å². The van der Waals surface area contributed by atoms with Crippen LogP contribution in [0.25, 0.3) is 0 Å². The van der Waals surface area contributed by atoms with E-state index in [1.165, 1.54) is 0 Å². The summed E-state index contributed by atoms with van der Waals surface area (Å²) in [5.41, 5.74) is 0. The van der Waals surface area contributed by atoms with Crippen molar-refractivity contribution in [1.82, 2.24) is 0 Å². The number of hydrogen-bond acceptors (Lipinski definition) is 0. The minimum absolute atomic E-state index is 0. The Kier molecular flexibility index (Phi) is 425. The first-order valence-electron chi connectivity index (χ1n) is 0. The molecular weight excluding hydrogens is 355 g/mol. The molecule has 0 heterocycles. The van der Waals surface area contributed by atoms with Crippen LogP contribution in [0.3, 0.4) is 0 Å². The molecule has 0 atom stereocenters. The van der Waals surface area contributed by atoms with Gasteiger partial charge >= 0.3 is 0 Å². The molecule has 0 aliphatic carbocycles. The summed E-state index contributed by atoms with van der Waals surface area (Å²) in [5, 5.41) is 0. The second kappa shape index (κ2) is 41.8. The van der Waals surface area contributed by atoms with Crippen LogP contribution in [0.5, 0.6) is 0 Å². The zero-order valence-corrected chi connectivity index (χ0v) is 8.78.